The lowest BCUT2D eigenvalue weighted by atomic mass is 10.2. The van der Waals surface area contributed by atoms with E-state index in [4.69, 9.17) is 11.6 Å². The Morgan fingerprint density at radius 2 is 2.33 bits per heavy atom. The lowest BCUT2D eigenvalue weighted by Gasteiger charge is -1.99. The zero-order valence-corrected chi connectivity index (χ0v) is 10.6. The van der Waals surface area contributed by atoms with E-state index in [0.717, 1.165) is 20.8 Å². The molecular weight excluding hydrogens is 246 g/mol. The SMILES string of the molecule is Cc1csc(SCc2cccc(Cl)c2)n1. The number of hydrogen-bond acceptors (Lipinski definition) is 3. The Kier molecular flexibility index (Phi) is 3.67. The molecule has 2 aromatic rings. The van der Waals surface area contributed by atoms with E-state index >= 15 is 0 Å². The first-order valence-corrected chi connectivity index (χ1v) is 6.78. The number of rotatable bonds is 3. The van der Waals surface area contributed by atoms with Gasteiger partial charge in [0.25, 0.3) is 0 Å². The predicted molar refractivity (Wildman–Crippen MR) is 67.9 cm³/mol. The molecule has 0 fully saturated rings. The first-order valence-electron chi connectivity index (χ1n) is 4.53. The minimum Gasteiger partial charge on any atom is -0.235 e. The third kappa shape index (κ3) is 3.23. The maximum Gasteiger partial charge on any atom is 0.150 e. The van der Waals surface area contributed by atoms with Gasteiger partial charge in [-0.1, -0.05) is 35.5 Å². The van der Waals surface area contributed by atoms with Gasteiger partial charge in [-0.15, -0.1) is 11.3 Å². The van der Waals surface area contributed by atoms with Gasteiger partial charge in [0.05, 0.1) is 0 Å². The lowest BCUT2D eigenvalue weighted by molar-refractivity contribution is 1.16. The molecule has 0 aliphatic heterocycles. The smallest absolute Gasteiger partial charge is 0.150 e. The van der Waals surface area contributed by atoms with Crippen LogP contribution in [0.4, 0.5) is 0 Å². The largest absolute Gasteiger partial charge is 0.235 e. The average Bonchev–Trinajstić information content (AvgIpc) is 2.62. The van der Waals surface area contributed by atoms with Crippen molar-refractivity contribution in [3.05, 3.63) is 45.9 Å². The van der Waals surface area contributed by atoms with E-state index in [0.29, 0.717) is 0 Å². The third-order valence-electron chi connectivity index (χ3n) is 1.85. The molecule has 0 bridgehead atoms. The summed E-state index contributed by atoms with van der Waals surface area (Å²) in [5.74, 6) is 0.924. The fourth-order valence-corrected chi connectivity index (χ4v) is 3.18. The quantitative estimate of drug-likeness (QED) is 0.754. The highest BCUT2D eigenvalue weighted by Gasteiger charge is 2.00. The van der Waals surface area contributed by atoms with E-state index < -0.39 is 0 Å². The van der Waals surface area contributed by atoms with Crippen LogP contribution < -0.4 is 0 Å². The van der Waals surface area contributed by atoms with Gasteiger partial charge >= 0.3 is 0 Å². The molecule has 78 valence electrons. The summed E-state index contributed by atoms with van der Waals surface area (Å²) in [4.78, 5) is 4.40. The van der Waals surface area contributed by atoms with Crippen LogP contribution in [0.3, 0.4) is 0 Å². The molecule has 0 N–H and O–H groups in total. The van der Waals surface area contributed by atoms with Crippen molar-refractivity contribution in [1.29, 1.82) is 0 Å². The highest BCUT2D eigenvalue weighted by atomic mass is 35.5. The van der Waals surface area contributed by atoms with E-state index in [1.165, 1.54) is 5.56 Å². The summed E-state index contributed by atoms with van der Waals surface area (Å²) in [6.45, 7) is 2.01. The standard InChI is InChI=1S/C11H10ClNS2/c1-8-6-14-11(13-8)15-7-9-3-2-4-10(12)5-9/h2-6H,7H2,1H3. The molecule has 15 heavy (non-hydrogen) atoms. The molecule has 0 radical (unpaired) electrons. The number of nitrogens with zero attached hydrogens (tertiary/aromatic N) is 1. The Hall–Kier alpha value is -0.510. The Morgan fingerprint density at radius 3 is 3.00 bits per heavy atom. The second-order valence-corrected chi connectivity index (χ2v) is 5.69. The first-order chi connectivity index (χ1) is 7.24. The van der Waals surface area contributed by atoms with Crippen LogP contribution in [0.1, 0.15) is 11.3 Å². The number of aromatic nitrogens is 1. The number of thiazole rings is 1. The van der Waals surface area contributed by atoms with Crippen LogP contribution in [0.2, 0.25) is 5.02 Å². The summed E-state index contributed by atoms with van der Waals surface area (Å²) < 4.78 is 1.12. The van der Waals surface area contributed by atoms with Crippen LogP contribution in [0.25, 0.3) is 0 Å². The maximum atomic E-state index is 5.91. The van der Waals surface area contributed by atoms with Gasteiger partial charge in [-0.3, -0.25) is 0 Å². The molecular formula is C11H10ClNS2. The van der Waals surface area contributed by atoms with Gasteiger partial charge in [-0.2, -0.15) is 0 Å². The second-order valence-electron chi connectivity index (χ2n) is 3.17. The minimum absolute atomic E-state index is 0.795. The number of thioether (sulfide) groups is 1. The normalized spacial score (nSPS) is 10.5. The van der Waals surface area contributed by atoms with E-state index in [9.17, 15) is 0 Å². The van der Waals surface area contributed by atoms with Gasteiger partial charge in [-0.05, 0) is 24.6 Å². The van der Waals surface area contributed by atoms with Crippen molar-refractivity contribution in [2.24, 2.45) is 0 Å². The van der Waals surface area contributed by atoms with Gasteiger partial charge in [0.1, 0.15) is 4.34 Å². The molecule has 4 heteroatoms. The highest BCUT2D eigenvalue weighted by molar-refractivity contribution is 8.00. The highest BCUT2D eigenvalue weighted by Crippen LogP contribution is 2.26. The molecule has 0 aliphatic rings. The average molecular weight is 256 g/mol. The molecule has 0 unspecified atom stereocenters. The van der Waals surface area contributed by atoms with E-state index in [-0.39, 0.29) is 0 Å². The number of benzene rings is 1. The molecule has 0 aliphatic carbocycles. The Morgan fingerprint density at radius 1 is 1.47 bits per heavy atom. The first kappa shape index (κ1) is 11.0. The lowest BCUT2D eigenvalue weighted by Crippen LogP contribution is -1.79. The topological polar surface area (TPSA) is 12.9 Å². The molecule has 2 rings (SSSR count). The molecule has 1 aromatic carbocycles. The molecule has 1 nitrogen and oxygen atoms in total. The van der Waals surface area contributed by atoms with Crippen molar-refractivity contribution in [2.75, 3.05) is 0 Å². The molecule has 1 heterocycles. The van der Waals surface area contributed by atoms with Crippen molar-refractivity contribution in [2.45, 2.75) is 17.0 Å². The number of halogens is 1. The third-order valence-corrected chi connectivity index (χ3v) is 4.29. The second kappa shape index (κ2) is 5.01. The van der Waals surface area contributed by atoms with Gasteiger partial charge in [0.15, 0.2) is 0 Å². The van der Waals surface area contributed by atoms with Gasteiger partial charge in [0, 0.05) is 21.8 Å². The molecule has 0 saturated carbocycles. The van der Waals surface area contributed by atoms with Crippen molar-refractivity contribution < 1.29 is 0 Å². The van der Waals surface area contributed by atoms with Crippen molar-refractivity contribution in [1.82, 2.24) is 4.98 Å². The van der Waals surface area contributed by atoms with Gasteiger partial charge < -0.3 is 0 Å². The summed E-state index contributed by atoms with van der Waals surface area (Å²) in [5.41, 5.74) is 2.33. The summed E-state index contributed by atoms with van der Waals surface area (Å²) in [6.07, 6.45) is 0. The maximum absolute atomic E-state index is 5.91. The summed E-state index contributed by atoms with van der Waals surface area (Å²) in [5, 5.41) is 2.86. The van der Waals surface area contributed by atoms with Crippen LogP contribution in [0, 0.1) is 6.92 Å². The molecule has 0 saturated heterocycles. The Balaban J connectivity index is 1.99. The summed E-state index contributed by atoms with van der Waals surface area (Å²) in [6, 6.07) is 7.95. The zero-order valence-electron chi connectivity index (χ0n) is 8.24. The molecule has 1 aromatic heterocycles. The Labute approximate surface area is 103 Å². The molecule has 0 amide bonds. The van der Waals surface area contributed by atoms with Crippen molar-refractivity contribution in [3.8, 4) is 0 Å². The van der Waals surface area contributed by atoms with E-state index in [1.807, 2.05) is 25.1 Å². The summed E-state index contributed by atoms with van der Waals surface area (Å²) in [7, 11) is 0. The summed E-state index contributed by atoms with van der Waals surface area (Å²) >= 11 is 9.35. The van der Waals surface area contributed by atoms with Crippen LogP contribution in [0.5, 0.6) is 0 Å². The molecule has 0 atom stereocenters. The van der Waals surface area contributed by atoms with Crippen LogP contribution in [-0.4, -0.2) is 4.98 Å². The fourth-order valence-electron chi connectivity index (χ4n) is 1.17. The number of hydrogen-bond donors (Lipinski definition) is 0. The zero-order chi connectivity index (χ0) is 10.7. The Bertz CT molecular complexity index is 453. The van der Waals surface area contributed by atoms with Gasteiger partial charge in [0.2, 0.25) is 0 Å². The molecule has 0 spiro atoms. The predicted octanol–water partition coefficient (Wildman–Crippen LogP) is 4.40. The van der Waals surface area contributed by atoms with E-state index in [1.54, 1.807) is 23.1 Å². The number of aryl methyl sites for hydroxylation is 1. The van der Waals surface area contributed by atoms with E-state index in [2.05, 4.69) is 16.4 Å². The minimum atomic E-state index is 0.795. The van der Waals surface area contributed by atoms with Crippen LogP contribution >= 0.6 is 34.7 Å². The fraction of sp³-hybridized carbons (Fsp3) is 0.182. The van der Waals surface area contributed by atoms with Crippen LogP contribution in [0.15, 0.2) is 34.0 Å². The van der Waals surface area contributed by atoms with Crippen molar-refractivity contribution in [3.63, 3.8) is 0 Å². The van der Waals surface area contributed by atoms with Crippen molar-refractivity contribution >= 4 is 34.7 Å². The van der Waals surface area contributed by atoms with Crippen LogP contribution in [-0.2, 0) is 5.75 Å². The monoisotopic (exact) mass is 255 g/mol. The van der Waals surface area contributed by atoms with Gasteiger partial charge in [-0.25, -0.2) is 4.98 Å².